The second-order valence-electron chi connectivity index (χ2n) is 5.64. The fraction of sp³-hybridized carbons (Fsp3) is 0.400. The van der Waals surface area contributed by atoms with Gasteiger partial charge in [-0.15, -0.1) is 0 Å². The number of rotatable bonds is 14. The smallest absolute Gasteiger partial charge is 0.142 e. The molecule has 27 heavy (non-hydrogen) atoms. The van der Waals surface area contributed by atoms with Gasteiger partial charge in [-0.05, 0) is 36.4 Å². The predicted octanol–water partition coefficient (Wildman–Crippen LogP) is 2.36. The minimum atomic E-state index is 0.450. The predicted molar refractivity (Wildman–Crippen MR) is 105 cm³/mol. The normalized spacial score (nSPS) is 10.7. The van der Waals surface area contributed by atoms with Gasteiger partial charge in [0.1, 0.15) is 24.7 Å². The van der Waals surface area contributed by atoms with Crippen LogP contribution in [0.5, 0.6) is 11.5 Å². The number of hydrogen-bond donors (Lipinski definition) is 2. The summed E-state index contributed by atoms with van der Waals surface area (Å²) in [6.07, 6.45) is 0. The number of nitrogen functional groups attached to an aromatic ring is 2. The minimum absolute atomic E-state index is 0.450. The molecule has 0 atom stereocenters. The summed E-state index contributed by atoms with van der Waals surface area (Å²) >= 11 is 0. The molecule has 0 unspecified atom stereocenters. The molecule has 0 radical (unpaired) electrons. The zero-order valence-electron chi connectivity index (χ0n) is 15.5. The lowest BCUT2D eigenvalue weighted by Gasteiger charge is -2.10. The van der Waals surface area contributed by atoms with Crippen molar-refractivity contribution >= 4 is 11.4 Å². The summed E-state index contributed by atoms with van der Waals surface area (Å²) in [5, 5.41) is 0. The van der Waals surface area contributed by atoms with Crippen LogP contribution in [0.1, 0.15) is 0 Å². The van der Waals surface area contributed by atoms with Crippen molar-refractivity contribution in [1.82, 2.24) is 0 Å². The van der Waals surface area contributed by atoms with E-state index in [2.05, 4.69) is 0 Å². The van der Waals surface area contributed by atoms with Crippen molar-refractivity contribution in [3.63, 3.8) is 0 Å². The molecule has 4 N–H and O–H groups in total. The molecule has 2 aromatic carbocycles. The van der Waals surface area contributed by atoms with Crippen LogP contribution in [-0.4, -0.2) is 52.9 Å². The quantitative estimate of drug-likeness (QED) is 0.386. The molecule has 0 spiro atoms. The molecule has 7 nitrogen and oxygen atoms in total. The highest BCUT2D eigenvalue weighted by Crippen LogP contribution is 2.19. The molecule has 0 aromatic heterocycles. The van der Waals surface area contributed by atoms with Crippen LogP contribution >= 0.6 is 0 Å². The number of para-hydroxylation sites is 2. The van der Waals surface area contributed by atoms with Crippen molar-refractivity contribution in [2.45, 2.75) is 0 Å². The molecule has 0 bridgehead atoms. The van der Waals surface area contributed by atoms with E-state index < -0.39 is 0 Å². The first-order chi connectivity index (χ1) is 13.3. The summed E-state index contributed by atoms with van der Waals surface area (Å²) in [4.78, 5) is 0. The van der Waals surface area contributed by atoms with Crippen LogP contribution in [0.25, 0.3) is 0 Å². The molecule has 2 rings (SSSR count). The van der Waals surface area contributed by atoms with Crippen LogP contribution in [0, 0.1) is 0 Å². The Morgan fingerprint density at radius 3 is 1.67 bits per heavy atom. The third kappa shape index (κ3) is 9.14. The lowest BCUT2D eigenvalue weighted by atomic mass is 10.3. The largest absolute Gasteiger partial charge is 0.491 e. The molecule has 0 saturated heterocycles. The zero-order chi connectivity index (χ0) is 19.2. The first kappa shape index (κ1) is 20.8. The van der Waals surface area contributed by atoms with Gasteiger partial charge in [-0.1, -0.05) is 12.1 Å². The number of hydrogen-bond acceptors (Lipinski definition) is 7. The molecular weight excluding hydrogens is 348 g/mol. The molecular formula is C20H28N2O5. The number of nitrogens with two attached hydrogens (primary N) is 2. The Kier molecular flexibility index (Phi) is 9.88. The summed E-state index contributed by atoms with van der Waals surface area (Å²) in [5.74, 6) is 1.45. The van der Waals surface area contributed by atoms with Crippen LogP contribution in [0.3, 0.4) is 0 Å². The first-order valence-electron chi connectivity index (χ1n) is 8.94. The van der Waals surface area contributed by atoms with E-state index in [1.807, 2.05) is 30.3 Å². The van der Waals surface area contributed by atoms with Crippen LogP contribution in [0.15, 0.2) is 48.5 Å². The van der Waals surface area contributed by atoms with Gasteiger partial charge in [-0.3, -0.25) is 0 Å². The zero-order valence-corrected chi connectivity index (χ0v) is 15.5. The van der Waals surface area contributed by atoms with Gasteiger partial charge >= 0.3 is 0 Å². The number of ether oxygens (including phenoxy) is 5. The van der Waals surface area contributed by atoms with Gasteiger partial charge in [0.15, 0.2) is 0 Å². The Morgan fingerprint density at radius 2 is 1.07 bits per heavy atom. The van der Waals surface area contributed by atoms with E-state index in [1.165, 1.54) is 0 Å². The Labute approximate surface area is 160 Å². The highest BCUT2D eigenvalue weighted by molar-refractivity contribution is 5.51. The monoisotopic (exact) mass is 376 g/mol. The van der Waals surface area contributed by atoms with Crippen molar-refractivity contribution in [2.75, 3.05) is 64.3 Å². The maximum atomic E-state index is 5.78. The third-order valence-corrected chi connectivity index (χ3v) is 3.52. The van der Waals surface area contributed by atoms with Gasteiger partial charge in [0.2, 0.25) is 0 Å². The average Bonchev–Trinajstić information content (AvgIpc) is 2.68. The van der Waals surface area contributed by atoms with E-state index in [1.54, 1.807) is 18.2 Å². The summed E-state index contributed by atoms with van der Waals surface area (Å²) in [5.41, 5.74) is 12.7. The second kappa shape index (κ2) is 12.8. The molecule has 0 heterocycles. The van der Waals surface area contributed by atoms with E-state index in [4.69, 9.17) is 35.2 Å². The number of anilines is 2. The van der Waals surface area contributed by atoms with E-state index in [0.717, 1.165) is 5.75 Å². The second-order valence-corrected chi connectivity index (χ2v) is 5.64. The van der Waals surface area contributed by atoms with Gasteiger partial charge in [-0.25, -0.2) is 0 Å². The maximum Gasteiger partial charge on any atom is 0.142 e. The first-order valence-corrected chi connectivity index (χ1v) is 8.94. The SMILES string of the molecule is Nc1ccc(OCCOCCOCCOCCOc2ccccc2N)cc1. The molecule has 148 valence electrons. The molecule has 0 saturated carbocycles. The van der Waals surface area contributed by atoms with E-state index in [-0.39, 0.29) is 0 Å². The Hall–Kier alpha value is -2.48. The molecule has 0 aliphatic carbocycles. The molecule has 0 fully saturated rings. The van der Waals surface area contributed by atoms with Gasteiger partial charge < -0.3 is 35.2 Å². The van der Waals surface area contributed by atoms with Gasteiger partial charge in [0.05, 0.1) is 45.3 Å². The minimum Gasteiger partial charge on any atom is -0.491 e. The highest BCUT2D eigenvalue weighted by atomic mass is 16.6. The summed E-state index contributed by atoms with van der Waals surface area (Å²) in [6, 6.07) is 14.6. The van der Waals surface area contributed by atoms with Crippen molar-refractivity contribution in [1.29, 1.82) is 0 Å². The maximum absolute atomic E-state index is 5.78. The van der Waals surface area contributed by atoms with Crippen LogP contribution in [0.2, 0.25) is 0 Å². The van der Waals surface area contributed by atoms with Crippen molar-refractivity contribution < 1.29 is 23.7 Å². The topological polar surface area (TPSA) is 98.2 Å². The molecule has 0 aliphatic rings. The molecule has 0 amide bonds. The highest BCUT2D eigenvalue weighted by Gasteiger charge is 1.98. The van der Waals surface area contributed by atoms with Gasteiger partial charge in [0, 0.05) is 5.69 Å². The average molecular weight is 376 g/mol. The van der Waals surface area contributed by atoms with Crippen LogP contribution in [0.4, 0.5) is 11.4 Å². The standard InChI is InChI=1S/C20H28N2O5/c21-17-5-7-18(8-6-17)26-15-13-24-11-9-23-10-12-25-14-16-27-20-4-2-1-3-19(20)22/h1-8H,9-16,21-22H2. The third-order valence-electron chi connectivity index (χ3n) is 3.52. The van der Waals surface area contributed by atoms with E-state index >= 15 is 0 Å². The van der Waals surface area contributed by atoms with Crippen molar-refractivity contribution in [2.24, 2.45) is 0 Å². The molecule has 7 heteroatoms. The molecule has 2 aromatic rings. The van der Waals surface area contributed by atoms with Crippen LogP contribution in [-0.2, 0) is 14.2 Å². The lowest BCUT2D eigenvalue weighted by molar-refractivity contribution is 0.00502. The fourth-order valence-electron chi connectivity index (χ4n) is 2.15. The summed E-state index contributed by atoms with van der Waals surface area (Å²) in [6.45, 7) is 3.97. The molecule has 0 aliphatic heterocycles. The number of benzene rings is 2. The summed E-state index contributed by atoms with van der Waals surface area (Å²) in [7, 11) is 0. The fourth-order valence-corrected chi connectivity index (χ4v) is 2.15. The Bertz CT molecular complexity index is 637. The van der Waals surface area contributed by atoms with Crippen molar-refractivity contribution in [3.05, 3.63) is 48.5 Å². The summed E-state index contributed by atoms with van der Waals surface area (Å²) < 4.78 is 27.4. The van der Waals surface area contributed by atoms with Gasteiger partial charge in [-0.2, -0.15) is 0 Å². The Morgan fingerprint density at radius 1 is 0.556 bits per heavy atom. The lowest BCUT2D eigenvalue weighted by Crippen LogP contribution is -2.14. The Balaban J connectivity index is 1.34. The van der Waals surface area contributed by atoms with Gasteiger partial charge in [0.25, 0.3) is 0 Å². The van der Waals surface area contributed by atoms with E-state index in [9.17, 15) is 0 Å². The van der Waals surface area contributed by atoms with Crippen molar-refractivity contribution in [3.8, 4) is 11.5 Å². The van der Waals surface area contributed by atoms with E-state index in [0.29, 0.717) is 70.0 Å². The van der Waals surface area contributed by atoms with Crippen LogP contribution < -0.4 is 20.9 Å².